The fraction of sp³-hybridized carbons (Fsp3) is 0.417. The van der Waals surface area contributed by atoms with Crippen LogP contribution in [-0.4, -0.2) is 76.4 Å². The number of para-hydroxylation sites is 1. The molecule has 39 heavy (non-hydrogen) atoms. The topological polar surface area (TPSA) is 274 Å². The van der Waals surface area contributed by atoms with Crippen LogP contribution in [0.25, 0.3) is 10.9 Å². The number of fused-ring (bicyclic) bond motifs is 1. The zero-order valence-corrected chi connectivity index (χ0v) is 21.5. The van der Waals surface area contributed by atoms with Gasteiger partial charge in [-0.2, -0.15) is 0 Å². The number of aliphatic imine (C=N–C) groups is 1. The summed E-state index contributed by atoms with van der Waals surface area (Å²) in [4.78, 5) is 68.0. The van der Waals surface area contributed by atoms with Crippen LogP contribution in [0.15, 0.2) is 35.5 Å². The summed E-state index contributed by atoms with van der Waals surface area (Å²) in [6.07, 6.45) is 1.83. The number of carbonyl (C=O) groups is 5. The third-order valence-corrected chi connectivity index (χ3v) is 5.81. The first-order valence-corrected chi connectivity index (χ1v) is 12.2. The largest absolute Gasteiger partial charge is 0.480 e. The molecule has 0 aliphatic carbocycles. The van der Waals surface area contributed by atoms with E-state index in [1.165, 1.54) is 6.92 Å². The van der Waals surface area contributed by atoms with Gasteiger partial charge in [0, 0.05) is 30.1 Å². The molecule has 0 aliphatic rings. The minimum atomic E-state index is -1.56. The lowest BCUT2D eigenvalue weighted by molar-refractivity contribution is -0.143. The van der Waals surface area contributed by atoms with E-state index in [-0.39, 0.29) is 25.3 Å². The molecule has 1 heterocycles. The molecule has 212 valence electrons. The number of guanidine groups is 1. The normalized spacial score (nSPS) is 13.9. The number of carboxylic acids is 1. The molecule has 0 saturated heterocycles. The lowest BCUT2D eigenvalue weighted by atomic mass is 10.0. The highest BCUT2D eigenvalue weighted by molar-refractivity contribution is 5.95. The summed E-state index contributed by atoms with van der Waals surface area (Å²) < 4.78 is 0. The Kier molecular flexibility index (Phi) is 11.2. The van der Waals surface area contributed by atoms with E-state index in [0.717, 1.165) is 16.5 Å². The number of nitrogens with one attached hydrogen (secondary N) is 4. The highest BCUT2D eigenvalue weighted by Gasteiger charge is 2.29. The van der Waals surface area contributed by atoms with Gasteiger partial charge in [-0.25, -0.2) is 4.79 Å². The van der Waals surface area contributed by atoms with E-state index in [9.17, 15) is 29.1 Å². The molecule has 0 bridgehead atoms. The Morgan fingerprint density at radius 3 is 2.28 bits per heavy atom. The van der Waals surface area contributed by atoms with Gasteiger partial charge in [0.1, 0.15) is 18.1 Å². The standard InChI is InChI=1S/C24H35N9O6/c1-12(20(35)33-18(23(38)39)10-19(26)34)31-22(37)17(9-13-11-30-16-7-3-2-5-14(13)16)32-21(36)15(25)6-4-8-29-24(27)28/h2-3,5,7,11-12,15,17-18,30H,4,6,8-10,25H2,1H3,(H2,26,34)(H,31,37)(H,32,36)(H,33,35)(H,38,39)(H4,27,28,29). The molecule has 13 N–H and O–H groups in total. The third kappa shape index (κ3) is 9.62. The van der Waals surface area contributed by atoms with Crippen molar-refractivity contribution in [2.75, 3.05) is 6.54 Å². The first kappa shape index (κ1) is 30.6. The average Bonchev–Trinajstić information content (AvgIpc) is 3.27. The number of aromatic amines is 1. The number of carbonyl (C=O) groups excluding carboxylic acids is 4. The molecule has 1 aromatic heterocycles. The second kappa shape index (κ2) is 14.3. The van der Waals surface area contributed by atoms with Gasteiger partial charge in [0.25, 0.3) is 0 Å². The second-order valence-electron chi connectivity index (χ2n) is 8.98. The van der Waals surface area contributed by atoms with Crippen LogP contribution >= 0.6 is 0 Å². The second-order valence-corrected chi connectivity index (χ2v) is 8.98. The van der Waals surface area contributed by atoms with Crippen molar-refractivity contribution < 1.29 is 29.1 Å². The molecule has 1 aromatic carbocycles. The number of hydrogen-bond donors (Lipinski definition) is 9. The Bertz CT molecular complexity index is 1220. The fourth-order valence-corrected chi connectivity index (χ4v) is 3.74. The zero-order valence-electron chi connectivity index (χ0n) is 21.5. The van der Waals surface area contributed by atoms with Gasteiger partial charge in [-0.05, 0) is 31.4 Å². The Hall–Kier alpha value is -4.66. The third-order valence-electron chi connectivity index (χ3n) is 5.81. The van der Waals surface area contributed by atoms with E-state index in [1.807, 2.05) is 24.3 Å². The molecule has 2 aromatic rings. The van der Waals surface area contributed by atoms with Crippen LogP contribution in [0.2, 0.25) is 0 Å². The smallest absolute Gasteiger partial charge is 0.326 e. The van der Waals surface area contributed by atoms with E-state index in [1.54, 1.807) is 6.20 Å². The van der Waals surface area contributed by atoms with Crippen LogP contribution in [0.4, 0.5) is 0 Å². The van der Waals surface area contributed by atoms with Gasteiger partial charge in [0.2, 0.25) is 23.6 Å². The van der Waals surface area contributed by atoms with Gasteiger partial charge in [0.05, 0.1) is 12.5 Å². The number of hydrogen-bond acceptors (Lipinski definition) is 7. The number of primary amides is 1. The summed E-state index contributed by atoms with van der Waals surface area (Å²) in [6, 6.07) is 2.54. The molecule has 4 atom stereocenters. The van der Waals surface area contributed by atoms with Gasteiger partial charge in [0.15, 0.2) is 5.96 Å². The van der Waals surface area contributed by atoms with E-state index in [2.05, 4.69) is 25.9 Å². The van der Waals surface area contributed by atoms with E-state index in [4.69, 9.17) is 22.9 Å². The average molecular weight is 546 g/mol. The van der Waals surface area contributed by atoms with Crippen molar-refractivity contribution in [3.8, 4) is 0 Å². The van der Waals surface area contributed by atoms with Gasteiger partial charge >= 0.3 is 5.97 Å². The predicted molar refractivity (Wildman–Crippen MR) is 143 cm³/mol. The number of nitrogens with two attached hydrogens (primary N) is 4. The predicted octanol–water partition coefficient (Wildman–Crippen LogP) is -2.47. The van der Waals surface area contributed by atoms with E-state index in [0.29, 0.717) is 6.42 Å². The SMILES string of the molecule is CC(NC(=O)C(Cc1c[nH]c2ccccc12)NC(=O)C(N)CCCN=C(N)N)C(=O)NC(CC(N)=O)C(=O)O. The van der Waals surface area contributed by atoms with Gasteiger partial charge in [-0.3, -0.25) is 24.2 Å². The number of benzene rings is 1. The lowest BCUT2D eigenvalue weighted by Crippen LogP contribution is -2.57. The molecule has 4 amide bonds. The number of amides is 4. The Morgan fingerprint density at radius 1 is 0.974 bits per heavy atom. The van der Waals surface area contributed by atoms with E-state index < -0.39 is 60.2 Å². The van der Waals surface area contributed by atoms with Gasteiger partial charge in [-0.15, -0.1) is 0 Å². The van der Waals surface area contributed by atoms with Crippen molar-refractivity contribution >= 4 is 46.5 Å². The first-order valence-electron chi connectivity index (χ1n) is 12.2. The quantitative estimate of drug-likeness (QED) is 0.0650. The maximum Gasteiger partial charge on any atom is 0.326 e. The van der Waals surface area contributed by atoms with Crippen molar-refractivity contribution in [2.24, 2.45) is 27.9 Å². The van der Waals surface area contributed by atoms with Crippen LogP contribution in [-0.2, 0) is 30.4 Å². The molecular formula is C24H35N9O6. The summed E-state index contributed by atoms with van der Waals surface area (Å²) in [5.74, 6) is -4.61. The molecule has 0 radical (unpaired) electrons. The van der Waals surface area contributed by atoms with Gasteiger partial charge < -0.3 is 49.0 Å². The number of carboxylic acid groups (broad SMARTS) is 1. The number of aliphatic carboxylic acids is 1. The minimum Gasteiger partial charge on any atom is -0.480 e. The monoisotopic (exact) mass is 545 g/mol. The summed E-state index contributed by atoms with van der Waals surface area (Å²) in [7, 11) is 0. The first-order chi connectivity index (χ1) is 18.4. The van der Waals surface area contributed by atoms with Crippen LogP contribution in [0.5, 0.6) is 0 Å². The van der Waals surface area contributed by atoms with Crippen LogP contribution < -0.4 is 38.9 Å². The highest BCUT2D eigenvalue weighted by atomic mass is 16.4. The summed E-state index contributed by atoms with van der Waals surface area (Å²) in [5.41, 5.74) is 23.2. The molecule has 0 spiro atoms. The zero-order chi connectivity index (χ0) is 29.1. The summed E-state index contributed by atoms with van der Waals surface area (Å²) >= 11 is 0. The number of H-pyrrole nitrogens is 1. The molecule has 4 unspecified atom stereocenters. The molecule has 15 heteroatoms. The maximum absolute atomic E-state index is 13.2. The Morgan fingerprint density at radius 2 is 1.64 bits per heavy atom. The van der Waals surface area contributed by atoms with Crippen LogP contribution in [0.1, 0.15) is 31.7 Å². The summed E-state index contributed by atoms with van der Waals surface area (Å²) in [5, 5.41) is 17.3. The number of rotatable bonds is 15. The van der Waals surface area contributed by atoms with Crippen molar-refractivity contribution in [1.82, 2.24) is 20.9 Å². The molecule has 0 aliphatic heterocycles. The maximum atomic E-state index is 13.2. The lowest BCUT2D eigenvalue weighted by Gasteiger charge is -2.23. The molecular weight excluding hydrogens is 510 g/mol. The Labute approximate surface area is 224 Å². The highest BCUT2D eigenvalue weighted by Crippen LogP contribution is 2.19. The van der Waals surface area contributed by atoms with Crippen molar-refractivity contribution in [3.05, 3.63) is 36.0 Å². The summed E-state index contributed by atoms with van der Waals surface area (Å²) in [6.45, 7) is 1.61. The number of aromatic nitrogens is 1. The fourth-order valence-electron chi connectivity index (χ4n) is 3.74. The molecule has 0 saturated carbocycles. The van der Waals surface area contributed by atoms with Crippen molar-refractivity contribution in [2.45, 2.75) is 56.8 Å². The number of nitrogens with zero attached hydrogens (tertiary/aromatic N) is 1. The molecule has 0 fully saturated rings. The molecule has 2 rings (SSSR count). The van der Waals surface area contributed by atoms with Gasteiger partial charge in [-0.1, -0.05) is 18.2 Å². The molecule has 15 nitrogen and oxygen atoms in total. The van der Waals surface area contributed by atoms with Crippen molar-refractivity contribution in [3.63, 3.8) is 0 Å². The van der Waals surface area contributed by atoms with E-state index >= 15 is 0 Å². The minimum absolute atomic E-state index is 0.0655. The van der Waals surface area contributed by atoms with Crippen molar-refractivity contribution in [1.29, 1.82) is 0 Å². The van der Waals surface area contributed by atoms with Crippen LogP contribution in [0.3, 0.4) is 0 Å². The Balaban J connectivity index is 2.15. The van der Waals surface area contributed by atoms with Crippen LogP contribution in [0, 0.1) is 0 Å².